The van der Waals surface area contributed by atoms with Gasteiger partial charge in [0.15, 0.2) is 0 Å². The molecule has 0 saturated carbocycles. The summed E-state index contributed by atoms with van der Waals surface area (Å²) < 4.78 is 45.5. The molecule has 12 heteroatoms. The Morgan fingerprint density at radius 2 is 1.86 bits per heavy atom. The number of benzene rings is 2. The topological polar surface area (TPSA) is 135 Å². The second-order valence-corrected chi connectivity index (χ2v) is 8.01. The Morgan fingerprint density at radius 1 is 1.11 bits per heavy atom. The highest BCUT2D eigenvalue weighted by atomic mass is 19.1. The Balaban J connectivity index is 1.31. The lowest BCUT2D eigenvalue weighted by Crippen LogP contribution is -2.33. The van der Waals surface area contributed by atoms with Crippen LogP contribution >= 0.6 is 0 Å². The molecule has 1 fully saturated rings. The van der Waals surface area contributed by atoms with Crippen molar-refractivity contribution in [2.24, 2.45) is 0 Å². The quantitative estimate of drug-likeness (QED) is 0.385. The van der Waals surface area contributed by atoms with Crippen LogP contribution in [-0.2, 0) is 4.79 Å². The Hall–Kier alpha value is -5.05. The lowest BCUT2D eigenvalue weighted by atomic mass is 9.93. The van der Waals surface area contributed by atoms with E-state index in [4.69, 9.17) is 19.2 Å². The monoisotopic (exact) mass is 504 g/mol. The molecule has 10 nitrogen and oxygen atoms in total. The number of carbonyl (C=O) groups is 1. The third kappa shape index (κ3) is 4.87. The van der Waals surface area contributed by atoms with E-state index in [1.54, 1.807) is 30.3 Å². The van der Waals surface area contributed by atoms with Crippen molar-refractivity contribution in [3.63, 3.8) is 0 Å². The molecular formula is C25H18F2N6O4. The van der Waals surface area contributed by atoms with E-state index in [1.807, 2.05) is 6.07 Å². The van der Waals surface area contributed by atoms with Gasteiger partial charge in [-0.25, -0.2) is 13.8 Å². The van der Waals surface area contributed by atoms with Crippen LogP contribution in [0.25, 0.3) is 11.5 Å². The number of nitrogens with zero attached hydrogens (tertiary/aromatic N) is 4. The Kier molecular flexibility index (Phi) is 6.34. The van der Waals surface area contributed by atoms with Crippen molar-refractivity contribution >= 4 is 11.9 Å². The molecule has 186 valence electrons. The number of pyridine rings is 1. The van der Waals surface area contributed by atoms with Gasteiger partial charge >= 0.3 is 6.01 Å². The number of rotatable bonds is 7. The molecule has 0 radical (unpaired) electrons. The zero-order valence-electron chi connectivity index (χ0n) is 19.2. The molecule has 37 heavy (non-hydrogen) atoms. The molecule has 1 saturated heterocycles. The van der Waals surface area contributed by atoms with Gasteiger partial charge in [0.25, 0.3) is 0 Å². The van der Waals surface area contributed by atoms with Gasteiger partial charge < -0.3 is 24.5 Å². The highest BCUT2D eigenvalue weighted by Gasteiger charge is 2.40. The second kappa shape index (κ2) is 9.90. The number of hydrogen-bond acceptors (Lipinski definition) is 9. The lowest BCUT2D eigenvalue weighted by molar-refractivity contribution is -0.119. The molecule has 2 atom stereocenters. The summed E-state index contributed by atoms with van der Waals surface area (Å²) in [6.45, 7) is 0.0191. The molecule has 1 amide bonds. The molecule has 2 aromatic heterocycles. The van der Waals surface area contributed by atoms with E-state index in [2.05, 4.69) is 25.8 Å². The van der Waals surface area contributed by atoms with E-state index in [9.17, 15) is 13.6 Å². The first-order valence-corrected chi connectivity index (χ1v) is 11.0. The van der Waals surface area contributed by atoms with Crippen molar-refractivity contribution in [1.82, 2.24) is 20.5 Å². The summed E-state index contributed by atoms with van der Waals surface area (Å²) in [5.41, 5.74) is 0.733. The molecule has 1 aliphatic heterocycles. The van der Waals surface area contributed by atoms with E-state index < -0.39 is 29.5 Å². The van der Waals surface area contributed by atoms with Gasteiger partial charge in [-0.1, -0.05) is 5.10 Å². The van der Waals surface area contributed by atoms with Crippen LogP contribution in [0.3, 0.4) is 0 Å². The lowest BCUT2D eigenvalue weighted by Gasteiger charge is -2.19. The van der Waals surface area contributed by atoms with Gasteiger partial charge in [-0.3, -0.25) is 4.79 Å². The maximum absolute atomic E-state index is 14.7. The summed E-state index contributed by atoms with van der Waals surface area (Å²) >= 11 is 0. The number of methoxy groups -OCH3 is 1. The average molecular weight is 504 g/mol. The average Bonchev–Trinajstić information content (AvgIpc) is 3.51. The molecule has 4 aromatic rings. The number of aromatic nitrogens is 3. The molecule has 0 spiro atoms. The Bertz CT molecular complexity index is 1480. The number of carbonyl (C=O) groups excluding carboxylic acids is 1. The van der Waals surface area contributed by atoms with Crippen molar-refractivity contribution < 1.29 is 27.5 Å². The smallest absolute Gasteiger partial charge is 0.316 e. The SMILES string of the molecule is COc1cc(F)c([C@@H]2CNC(=O)[C@H]2Nc2nnc(-c3ccc(Oc4cc(C#N)ccn4)cc3)o2)c(F)c1. The largest absolute Gasteiger partial charge is 0.497 e. The predicted octanol–water partition coefficient (Wildman–Crippen LogP) is 3.78. The van der Waals surface area contributed by atoms with E-state index in [0.717, 1.165) is 12.1 Å². The van der Waals surface area contributed by atoms with Crippen LogP contribution in [0.1, 0.15) is 17.0 Å². The zero-order valence-corrected chi connectivity index (χ0v) is 19.2. The van der Waals surface area contributed by atoms with Crippen LogP contribution in [0.5, 0.6) is 17.4 Å². The minimum Gasteiger partial charge on any atom is -0.497 e. The molecular weight excluding hydrogens is 486 g/mol. The fourth-order valence-electron chi connectivity index (χ4n) is 3.94. The van der Waals surface area contributed by atoms with Crippen molar-refractivity contribution in [1.29, 1.82) is 5.26 Å². The molecule has 2 aromatic carbocycles. The van der Waals surface area contributed by atoms with E-state index in [1.165, 1.54) is 19.4 Å². The summed E-state index contributed by atoms with van der Waals surface area (Å²) in [4.78, 5) is 16.5. The van der Waals surface area contributed by atoms with Crippen LogP contribution in [-0.4, -0.2) is 40.8 Å². The summed E-state index contributed by atoms with van der Waals surface area (Å²) in [5, 5.41) is 22.3. The third-order valence-electron chi connectivity index (χ3n) is 5.73. The van der Waals surface area contributed by atoms with E-state index >= 15 is 0 Å². The minimum atomic E-state index is -1.04. The number of nitriles is 1. The van der Waals surface area contributed by atoms with Crippen LogP contribution < -0.4 is 20.1 Å². The highest BCUT2D eigenvalue weighted by molar-refractivity contribution is 5.88. The number of hydrogen-bond donors (Lipinski definition) is 2. The van der Waals surface area contributed by atoms with Gasteiger partial charge in [0, 0.05) is 48.0 Å². The summed E-state index contributed by atoms with van der Waals surface area (Å²) in [7, 11) is 1.30. The van der Waals surface area contributed by atoms with Crippen molar-refractivity contribution in [2.75, 3.05) is 19.0 Å². The number of amides is 1. The first-order chi connectivity index (χ1) is 17.9. The van der Waals surface area contributed by atoms with E-state index in [-0.39, 0.29) is 35.6 Å². The third-order valence-corrected chi connectivity index (χ3v) is 5.73. The van der Waals surface area contributed by atoms with E-state index in [0.29, 0.717) is 16.9 Å². The first-order valence-electron chi connectivity index (χ1n) is 11.0. The van der Waals surface area contributed by atoms with Gasteiger partial charge in [0.05, 0.1) is 18.7 Å². The van der Waals surface area contributed by atoms with Gasteiger partial charge in [0.1, 0.15) is 29.2 Å². The summed E-state index contributed by atoms with van der Waals surface area (Å²) in [6.07, 6.45) is 1.47. The molecule has 1 aliphatic rings. The zero-order chi connectivity index (χ0) is 25.9. The first kappa shape index (κ1) is 23.7. The standard InChI is InChI=1S/C25H18F2N6O4/c1-35-16-9-18(26)21(19(27)10-16)17-12-30-23(34)22(17)31-25-33-32-24(37-25)14-2-4-15(5-3-14)36-20-8-13(11-28)6-7-29-20/h2-10,17,22H,12H2,1H3,(H,30,34)(H,31,33)/t17-,22-/m0/s1. The number of ether oxygens (including phenoxy) is 2. The molecule has 0 aliphatic carbocycles. The summed E-state index contributed by atoms with van der Waals surface area (Å²) in [5.74, 6) is -2.06. The number of anilines is 1. The maximum Gasteiger partial charge on any atom is 0.316 e. The van der Waals surface area contributed by atoms with Crippen LogP contribution in [0.15, 0.2) is 59.1 Å². The second-order valence-electron chi connectivity index (χ2n) is 8.01. The van der Waals surface area contributed by atoms with Crippen LogP contribution in [0, 0.1) is 23.0 Å². The van der Waals surface area contributed by atoms with Gasteiger partial charge in [-0.2, -0.15) is 5.26 Å². The maximum atomic E-state index is 14.7. The summed E-state index contributed by atoms with van der Waals surface area (Å²) in [6, 6.07) is 12.8. The molecule has 0 bridgehead atoms. The fourth-order valence-corrected chi connectivity index (χ4v) is 3.94. The molecule has 2 N–H and O–H groups in total. The molecule has 5 rings (SSSR count). The molecule has 3 heterocycles. The Morgan fingerprint density at radius 3 is 2.57 bits per heavy atom. The highest BCUT2D eigenvalue weighted by Crippen LogP contribution is 2.33. The normalized spacial score (nSPS) is 16.6. The Labute approximate surface area is 208 Å². The number of nitrogens with one attached hydrogen (secondary N) is 2. The number of halogens is 2. The minimum absolute atomic E-state index is 0.0191. The van der Waals surface area contributed by atoms with Gasteiger partial charge in [-0.15, -0.1) is 5.10 Å². The van der Waals surface area contributed by atoms with Gasteiger partial charge in [-0.05, 0) is 30.3 Å². The van der Waals surface area contributed by atoms with Crippen molar-refractivity contribution in [2.45, 2.75) is 12.0 Å². The van der Waals surface area contributed by atoms with Crippen LogP contribution in [0.2, 0.25) is 0 Å². The van der Waals surface area contributed by atoms with Crippen molar-refractivity contribution in [3.05, 3.63) is 77.5 Å². The fraction of sp³-hybridized carbons (Fsp3) is 0.160. The van der Waals surface area contributed by atoms with Gasteiger partial charge in [0.2, 0.25) is 17.7 Å². The van der Waals surface area contributed by atoms with Crippen molar-refractivity contribution in [3.8, 4) is 34.9 Å². The molecule has 0 unspecified atom stereocenters. The van der Waals surface area contributed by atoms with Crippen LogP contribution in [0.4, 0.5) is 14.8 Å². The predicted molar refractivity (Wildman–Crippen MR) is 125 cm³/mol.